The Morgan fingerprint density at radius 1 is 1.29 bits per heavy atom. The predicted octanol–water partition coefficient (Wildman–Crippen LogP) is 2.16. The highest BCUT2D eigenvalue weighted by Gasteiger charge is 2.17. The van der Waals surface area contributed by atoms with Crippen molar-refractivity contribution in [2.45, 2.75) is 13.5 Å². The van der Waals surface area contributed by atoms with Crippen molar-refractivity contribution in [1.29, 1.82) is 0 Å². The van der Waals surface area contributed by atoms with E-state index in [4.69, 9.17) is 14.0 Å². The van der Waals surface area contributed by atoms with Gasteiger partial charge in [-0.05, 0) is 36.7 Å². The maximum atomic E-state index is 12.0. The third-order valence-electron chi connectivity index (χ3n) is 3.50. The number of aryl methyl sites for hydroxylation is 1. The van der Waals surface area contributed by atoms with E-state index >= 15 is 0 Å². The summed E-state index contributed by atoms with van der Waals surface area (Å²) in [6.45, 7) is 2.22. The lowest BCUT2D eigenvalue weighted by atomic mass is 10.1. The molecule has 0 radical (unpaired) electrons. The van der Waals surface area contributed by atoms with E-state index in [0.717, 1.165) is 17.1 Å². The molecule has 1 amide bonds. The van der Waals surface area contributed by atoms with Crippen molar-refractivity contribution in [3.8, 4) is 22.8 Å². The average Bonchev–Trinajstić information content (AvgIpc) is 3.32. The highest BCUT2D eigenvalue weighted by atomic mass is 32.1. The van der Waals surface area contributed by atoms with E-state index in [1.165, 1.54) is 0 Å². The van der Waals surface area contributed by atoms with Gasteiger partial charge in [-0.2, -0.15) is 0 Å². The van der Waals surface area contributed by atoms with Gasteiger partial charge in [-0.25, -0.2) is 0 Å². The second-order valence-corrected chi connectivity index (χ2v) is 5.87. The Kier molecular flexibility index (Phi) is 3.62. The monoisotopic (exact) mass is 344 g/mol. The summed E-state index contributed by atoms with van der Waals surface area (Å²) >= 11 is 1.06. The van der Waals surface area contributed by atoms with E-state index in [2.05, 4.69) is 20.1 Å². The van der Waals surface area contributed by atoms with Crippen LogP contribution in [0.3, 0.4) is 0 Å². The molecule has 0 atom stereocenters. The van der Waals surface area contributed by atoms with Gasteiger partial charge in [0.15, 0.2) is 17.3 Å². The van der Waals surface area contributed by atoms with Crippen molar-refractivity contribution in [2.24, 2.45) is 0 Å². The number of nitrogens with one attached hydrogen (secondary N) is 1. The molecule has 24 heavy (non-hydrogen) atoms. The zero-order valence-electron chi connectivity index (χ0n) is 12.6. The van der Waals surface area contributed by atoms with Gasteiger partial charge < -0.3 is 19.3 Å². The minimum absolute atomic E-state index is 0.221. The number of carbonyl (C=O) groups is 1. The number of amides is 1. The normalized spacial score (nSPS) is 12.4. The molecule has 3 heterocycles. The third kappa shape index (κ3) is 2.69. The smallest absolute Gasteiger partial charge is 0.265 e. The first kappa shape index (κ1) is 14.6. The number of fused-ring (bicyclic) bond motifs is 1. The Bertz CT molecular complexity index is 905. The van der Waals surface area contributed by atoms with Crippen LogP contribution >= 0.6 is 11.5 Å². The standard InChI is InChI=1S/C15H12N4O4S/c1-8-14(24-19-17-8)15(20)16-6-10-5-12(23-18-10)9-2-3-11-13(4-9)22-7-21-11/h2-5H,6-7H2,1H3,(H,16,20). The molecule has 122 valence electrons. The molecule has 4 rings (SSSR count). The fraction of sp³-hybridized carbons (Fsp3) is 0.200. The van der Waals surface area contributed by atoms with Crippen LogP contribution in [0.5, 0.6) is 11.5 Å². The van der Waals surface area contributed by atoms with Crippen molar-refractivity contribution in [1.82, 2.24) is 20.1 Å². The van der Waals surface area contributed by atoms with Crippen LogP contribution in [0.4, 0.5) is 0 Å². The van der Waals surface area contributed by atoms with Crippen LogP contribution in [0, 0.1) is 6.92 Å². The van der Waals surface area contributed by atoms with Crippen molar-refractivity contribution < 1.29 is 18.8 Å². The van der Waals surface area contributed by atoms with Crippen LogP contribution in [0.2, 0.25) is 0 Å². The quantitative estimate of drug-likeness (QED) is 0.774. The highest BCUT2D eigenvalue weighted by Crippen LogP contribution is 2.35. The van der Waals surface area contributed by atoms with E-state index in [0.29, 0.717) is 33.5 Å². The van der Waals surface area contributed by atoms with Gasteiger partial charge in [0.1, 0.15) is 10.6 Å². The number of benzene rings is 1. The Morgan fingerprint density at radius 2 is 2.17 bits per heavy atom. The maximum Gasteiger partial charge on any atom is 0.265 e. The van der Waals surface area contributed by atoms with Crippen LogP contribution in [-0.4, -0.2) is 27.4 Å². The number of hydrogen-bond donors (Lipinski definition) is 1. The summed E-state index contributed by atoms with van der Waals surface area (Å²) in [4.78, 5) is 12.5. The summed E-state index contributed by atoms with van der Waals surface area (Å²) in [5, 5.41) is 10.6. The predicted molar refractivity (Wildman–Crippen MR) is 83.9 cm³/mol. The van der Waals surface area contributed by atoms with Gasteiger partial charge in [-0.3, -0.25) is 4.79 Å². The number of hydrogen-bond acceptors (Lipinski definition) is 8. The summed E-state index contributed by atoms with van der Waals surface area (Å²) in [7, 11) is 0. The first-order chi connectivity index (χ1) is 11.7. The van der Waals surface area contributed by atoms with Crippen LogP contribution in [0.15, 0.2) is 28.8 Å². The van der Waals surface area contributed by atoms with Gasteiger partial charge in [0, 0.05) is 11.6 Å². The van der Waals surface area contributed by atoms with Crippen molar-refractivity contribution in [2.75, 3.05) is 6.79 Å². The Labute approximate surface area is 140 Å². The van der Waals surface area contributed by atoms with Gasteiger partial charge in [0.2, 0.25) is 6.79 Å². The molecule has 1 N–H and O–H groups in total. The van der Waals surface area contributed by atoms with Crippen molar-refractivity contribution >= 4 is 17.4 Å². The summed E-state index contributed by atoms with van der Waals surface area (Å²) in [5.41, 5.74) is 2.05. The number of nitrogens with zero attached hydrogens (tertiary/aromatic N) is 3. The molecule has 8 nitrogen and oxygen atoms in total. The lowest BCUT2D eigenvalue weighted by Gasteiger charge is -1.99. The Morgan fingerprint density at radius 3 is 3.00 bits per heavy atom. The molecule has 0 saturated heterocycles. The van der Waals surface area contributed by atoms with Crippen LogP contribution in [0.25, 0.3) is 11.3 Å². The van der Waals surface area contributed by atoms with E-state index < -0.39 is 0 Å². The molecule has 1 aromatic carbocycles. The second kappa shape index (κ2) is 5.93. The van der Waals surface area contributed by atoms with Gasteiger partial charge in [-0.15, -0.1) is 5.10 Å². The lowest BCUT2D eigenvalue weighted by molar-refractivity contribution is 0.0953. The molecular formula is C15H12N4O4S. The number of rotatable bonds is 4. The SMILES string of the molecule is Cc1nnsc1C(=O)NCc1cc(-c2ccc3c(c2)OCO3)on1. The summed E-state index contributed by atoms with van der Waals surface area (Å²) < 4.78 is 19.7. The maximum absolute atomic E-state index is 12.0. The van der Waals surface area contributed by atoms with E-state index in [9.17, 15) is 4.79 Å². The summed E-state index contributed by atoms with van der Waals surface area (Å²) in [5.74, 6) is 1.74. The first-order valence-electron chi connectivity index (χ1n) is 7.13. The topological polar surface area (TPSA) is 99.4 Å². The largest absolute Gasteiger partial charge is 0.454 e. The number of carbonyl (C=O) groups excluding carboxylic acids is 1. The second-order valence-electron chi connectivity index (χ2n) is 5.12. The minimum Gasteiger partial charge on any atom is -0.454 e. The van der Waals surface area contributed by atoms with E-state index in [1.54, 1.807) is 13.0 Å². The van der Waals surface area contributed by atoms with Crippen molar-refractivity contribution in [3.05, 3.63) is 40.5 Å². The molecule has 1 aliphatic heterocycles. The molecule has 0 unspecified atom stereocenters. The Hall–Kier alpha value is -2.94. The van der Waals surface area contributed by atoms with Crippen LogP contribution < -0.4 is 14.8 Å². The van der Waals surface area contributed by atoms with Gasteiger partial charge in [0.05, 0.1) is 12.2 Å². The fourth-order valence-electron chi connectivity index (χ4n) is 2.27. The number of aromatic nitrogens is 3. The van der Waals surface area contributed by atoms with E-state index in [-0.39, 0.29) is 19.2 Å². The van der Waals surface area contributed by atoms with E-state index in [1.807, 2.05) is 18.2 Å². The molecule has 0 spiro atoms. The van der Waals surface area contributed by atoms with Gasteiger partial charge in [-0.1, -0.05) is 9.64 Å². The van der Waals surface area contributed by atoms with Gasteiger partial charge in [0.25, 0.3) is 5.91 Å². The van der Waals surface area contributed by atoms with Crippen LogP contribution in [-0.2, 0) is 6.54 Å². The number of ether oxygens (including phenoxy) is 2. The Balaban J connectivity index is 1.45. The summed E-state index contributed by atoms with van der Waals surface area (Å²) in [6, 6.07) is 7.29. The first-order valence-corrected chi connectivity index (χ1v) is 7.91. The van der Waals surface area contributed by atoms with Crippen LogP contribution in [0.1, 0.15) is 21.1 Å². The molecule has 2 aromatic heterocycles. The van der Waals surface area contributed by atoms with Gasteiger partial charge >= 0.3 is 0 Å². The molecule has 1 aliphatic rings. The highest BCUT2D eigenvalue weighted by molar-refractivity contribution is 7.07. The lowest BCUT2D eigenvalue weighted by Crippen LogP contribution is -2.22. The molecular weight excluding hydrogens is 332 g/mol. The fourth-order valence-corrected chi connectivity index (χ4v) is 2.84. The molecule has 0 aliphatic carbocycles. The molecule has 9 heteroatoms. The molecule has 0 fully saturated rings. The zero-order chi connectivity index (χ0) is 16.5. The molecule has 0 saturated carbocycles. The average molecular weight is 344 g/mol. The summed E-state index contributed by atoms with van der Waals surface area (Å²) in [6.07, 6.45) is 0. The zero-order valence-corrected chi connectivity index (χ0v) is 13.4. The minimum atomic E-state index is -0.227. The molecule has 3 aromatic rings. The van der Waals surface area contributed by atoms with Crippen molar-refractivity contribution in [3.63, 3.8) is 0 Å². The molecule has 0 bridgehead atoms. The third-order valence-corrected chi connectivity index (χ3v) is 4.33.